The predicted octanol–water partition coefficient (Wildman–Crippen LogP) is 1.11. The number of amides is 1. The monoisotopic (exact) mass is 329 g/mol. The van der Waals surface area contributed by atoms with E-state index in [9.17, 15) is 13.2 Å². The molecule has 0 aliphatic rings. The van der Waals surface area contributed by atoms with Crippen LogP contribution in [0.15, 0.2) is 28.7 Å². The van der Waals surface area contributed by atoms with Crippen molar-refractivity contribution in [1.82, 2.24) is 5.32 Å². The van der Waals surface area contributed by atoms with Gasteiger partial charge in [0.25, 0.3) is 0 Å². The molecule has 0 saturated heterocycles. The van der Waals surface area contributed by atoms with Crippen molar-refractivity contribution < 1.29 is 13.2 Å². The van der Waals surface area contributed by atoms with E-state index in [-0.39, 0.29) is 12.3 Å². The summed E-state index contributed by atoms with van der Waals surface area (Å²) in [5.41, 5.74) is 0.633. The Morgan fingerprint density at radius 3 is 2.78 bits per heavy atom. The van der Waals surface area contributed by atoms with Gasteiger partial charge in [0.05, 0.1) is 12.3 Å². The van der Waals surface area contributed by atoms with Gasteiger partial charge >= 0.3 is 0 Å². The zero-order chi connectivity index (χ0) is 13.6. The van der Waals surface area contributed by atoms with Crippen molar-refractivity contribution >= 4 is 31.7 Å². The molecule has 0 saturated carbocycles. The number of halogens is 1. The molecule has 4 nitrogen and oxygen atoms in total. The number of hydrogen-bond acceptors (Lipinski definition) is 3. The smallest absolute Gasteiger partial charge is 0.235 e. The molecule has 0 aromatic heterocycles. The largest absolute Gasteiger partial charge is 0.344 e. The lowest BCUT2D eigenvalue weighted by atomic mass is 10.2. The number of terminal acetylenes is 1. The van der Waals surface area contributed by atoms with E-state index in [1.807, 2.05) is 0 Å². The van der Waals surface area contributed by atoms with Gasteiger partial charge in [-0.2, -0.15) is 0 Å². The van der Waals surface area contributed by atoms with Crippen LogP contribution in [0.4, 0.5) is 0 Å². The van der Waals surface area contributed by atoms with Gasteiger partial charge in [0, 0.05) is 4.47 Å². The Kier molecular flexibility index (Phi) is 5.38. The number of benzene rings is 1. The first-order valence-electron chi connectivity index (χ1n) is 5.08. The van der Waals surface area contributed by atoms with Crippen molar-refractivity contribution in [3.8, 4) is 12.3 Å². The van der Waals surface area contributed by atoms with Crippen molar-refractivity contribution in [2.75, 3.05) is 12.3 Å². The van der Waals surface area contributed by atoms with E-state index in [0.29, 0.717) is 5.56 Å². The molecule has 0 atom stereocenters. The average molecular weight is 330 g/mol. The van der Waals surface area contributed by atoms with Gasteiger partial charge in [-0.3, -0.25) is 4.79 Å². The van der Waals surface area contributed by atoms with E-state index in [2.05, 4.69) is 27.2 Å². The number of carbonyl (C=O) groups is 1. The van der Waals surface area contributed by atoms with Gasteiger partial charge in [0.1, 0.15) is 5.75 Å². The second-order valence-corrected chi connectivity index (χ2v) is 6.62. The van der Waals surface area contributed by atoms with E-state index in [1.54, 1.807) is 24.3 Å². The second kappa shape index (κ2) is 6.57. The summed E-state index contributed by atoms with van der Waals surface area (Å²) in [7, 11) is -3.48. The molecule has 1 aromatic carbocycles. The Morgan fingerprint density at radius 1 is 1.44 bits per heavy atom. The SMILES string of the molecule is C#CCNC(=O)CS(=O)(=O)Cc1cccc(Br)c1. The fourth-order valence-corrected chi connectivity index (χ4v) is 3.07. The van der Waals surface area contributed by atoms with Gasteiger partial charge in [0.2, 0.25) is 5.91 Å². The Bertz CT molecular complexity index is 575. The highest BCUT2D eigenvalue weighted by Gasteiger charge is 2.17. The minimum absolute atomic E-state index is 0.0330. The lowest BCUT2D eigenvalue weighted by Gasteiger charge is -2.05. The lowest BCUT2D eigenvalue weighted by molar-refractivity contribution is -0.118. The van der Waals surface area contributed by atoms with E-state index < -0.39 is 21.5 Å². The van der Waals surface area contributed by atoms with Crippen LogP contribution in [-0.4, -0.2) is 26.6 Å². The molecule has 0 radical (unpaired) electrons. The molecule has 6 heteroatoms. The predicted molar refractivity (Wildman–Crippen MR) is 73.5 cm³/mol. The quantitative estimate of drug-likeness (QED) is 0.823. The van der Waals surface area contributed by atoms with E-state index in [0.717, 1.165) is 4.47 Å². The molecule has 0 aliphatic carbocycles. The molecule has 18 heavy (non-hydrogen) atoms. The van der Waals surface area contributed by atoms with Gasteiger partial charge < -0.3 is 5.32 Å². The molecule has 0 spiro atoms. The van der Waals surface area contributed by atoms with Gasteiger partial charge in [0.15, 0.2) is 9.84 Å². The average Bonchev–Trinajstić information content (AvgIpc) is 2.24. The van der Waals surface area contributed by atoms with Crippen molar-refractivity contribution in [2.24, 2.45) is 0 Å². The number of carbonyl (C=O) groups excluding carboxylic acids is 1. The Morgan fingerprint density at radius 2 is 2.17 bits per heavy atom. The summed E-state index contributed by atoms with van der Waals surface area (Å²) in [6, 6.07) is 6.95. The summed E-state index contributed by atoms with van der Waals surface area (Å²) in [6.45, 7) is 0.0330. The summed E-state index contributed by atoms with van der Waals surface area (Å²) in [6.07, 6.45) is 4.96. The summed E-state index contributed by atoms with van der Waals surface area (Å²) in [5, 5.41) is 2.32. The van der Waals surface area contributed by atoms with E-state index in [1.165, 1.54) is 0 Å². The van der Waals surface area contributed by atoms with Gasteiger partial charge in [-0.25, -0.2) is 8.42 Å². The summed E-state index contributed by atoms with van der Waals surface area (Å²) in [5.74, 6) is 0.903. The molecule has 0 aliphatic heterocycles. The van der Waals surface area contributed by atoms with Crippen LogP contribution in [0.5, 0.6) is 0 Å². The normalized spacial score (nSPS) is 10.7. The highest BCUT2D eigenvalue weighted by molar-refractivity contribution is 9.10. The number of rotatable bonds is 5. The molecule has 0 heterocycles. The van der Waals surface area contributed by atoms with Crippen molar-refractivity contribution in [3.05, 3.63) is 34.3 Å². The molecule has 1 rings (SSSR count). The molecule has 0 bridgehead atoms. The first-order valence-corrected chi connectivity index (χ1v) is 7.69. The molecule has 1 amide bonds. The zero-order valence-corrected chi connectivity index (χ0v) is 11.9. The standard InChI is InChI=1S/C12H12BrNO3S/c1-2-6-14-12(15)9-18(16,17)8-10-4-3-5-11(13)7-10/h1,3-5,7H,6,8-9H2,(H,14,15). The molecule has 0 fully saturated rings. The molecular formula is C12H12BrNO3S. The van der Waals surface area contributed by atoms with Crippen LogP contribution in [0.25, 0.3) is 0 Å². The van der Waals surface area contributed by atoms with Crippen LogP contribution in [0.2, 0.25) is 0 Å². The second-order valence-electron chi connectivity index (χ2n) is 3.64. The molecular weight excluding hydrogens is 318 g/mol. The molecule has 1 N–H and O–H groups in total. The summed E-state index contributed by atoms with van der Waals surface area (Å²) in [4.78, 5) is 11.3. The van der Waals surface area contributed by atoms with Gasteiger partial charge in [-0.15, -0.1) is 6.42 Å². The van der Waals surface area contributed by atoms with Crippen molar-refractivity contribution in [1.29, 1.82) is 0 Å². The Hall–Kier alpha value is -1.32. The van der Waals surface area contributed by atoms with Crippen LogP contribution < -0.4 is 5.32 Å². The van der Waals surface area contributed by atoms with E-state index >= 15 is 0 Å². The summed E-state index contributed by atoms with van der Waals surface area (Å²) >= 11 is 3.26. The van der Waals surface area contributed by atoms with Crippen molar-refractivity contribution in [3.63, 3.8) is 0 Å². The minimum Gasteiger partial charge on any atom is -0.344 e. The molecule has 0 unspecified atom stereocenters. The fourth-order valence-electron chi connectivity index (χ4n) is 1.33. The third-order valence-corrected chi connectivity index (χ3v) is 3.98. The maximum Gasteiger partial charge on any atom is 0.235 e. The zero-order valence-electron chi connectivity index (χ0n) is 9.52. The van der Waals surface area contributed by atoms with Crippen LogP contribution in [0.3, 0.4) is 0 Å². The molecule has 96 valence electrons. The maximum atomic E-state index is 11.8. The third kappa shape index (κ3) is 5.34. The van der Waals surface area contributed by atoms with Crippen molar-refractivity contribution in [2.45, 2.75) is 5.75 Å². The highest BCUT2D eigenvalue weighted by atomic mass is 79.9. The highest BCUT2D eigenvalue weighted by Crippen LogP contribution is 2.14. The topological polar surface area (TPSA) is 63.2 Å². The lowest BCUT2D eigenvalue weighted by Crippen LogP contribution is -2.31. The Balaban J connectivity index is 2.66. The van der Waals surface area contributed by atoms with Crippen LogP contribution >= 0.6 is 15.9 Å². The van der Waals surface area contributed by atoms with Crippen LogP contribution in [-0.2, 0) is 20.4 Å². The molecule has 1 aromatic rings. The van der Waals surface area contributed by atoms with Crippen LogP contribution in [0, 0.1) is 12.3 Å². The minimum atomic E-state index is -3.48. The fraction of sp³-hybridized carbons (Fsp3) is 0.250. The Labute approximate surface area is 115 Å². The first-order chi connectivity index (χ1) is 8.43. The first kappa shape index (κ1) is 14.7. The maximum absolute atomic E-state index is 11.8. The third-order valence-electron chi connectivity index (χ3n) is 2.01. The van der Waals surface area contributed by atoms with Gasteiger partial charge in [-0.1, -0.05) is 34.0 Å². The van der Waals surface area contributed by atoms with E-state index in [4.69, 9.17) is 6.42 Å². The number of hydrogen-bond donors (Lipinski definition) is 1. The number of nitrogens with one attached hydrogen (secondary N) is 1. The van der Waals surface area contributed by atoms with Crippen LogP contribution in [0.1, 0.15) is 5.56 Å². The number of sulfone groups is 1. The summed E-state index contributed by atoms with van der Waals surface area (Å²) < 4.78 is 24.3. The van der Waals surface area contributed by atoms with Gasteiger partial charge in [-0.05, 0) is 17.7 Å².